The fourth-order valence-corrected chi connectivity index (χ4v) is 1.45. The SMILES string of the molecule is O=C(NCCN1CCOCC1)C(Cl)(Cl)Cl. The van der Waals surface area contributed by atoms with E-state index in [9.17, 15) is 4.79 Å². The van der Waals surface area contributed by atoms with E-state index in [0.717, 1.165) is 32.8 Å². The van der Waals surface area contributed by atoms with E-state index in [2.05, 4.69) is 10.2 Å². The first kappa shape index (κ1) is 13.3. The number of nitrogens with one attached hydrogen (secondary N) is 1. The van der Waals surface area contributed by atoms with E-state index < -0.39 is 9.70 Å². The quantitative estimate of drug-likeness (QED) is 0.775. The molecule has 15 heavy (non-hydrogen) atoms. The standard InChI is InChI=1S/C8H13Cl3N2O2/c9-8(10,11)7(14)12-1-2-13-3-5-15-6-4-13/h1-6H2,(H,12,14). The number of hydrogen-bond acceptors (Lipinski definition) is 3. The fourth-order valence-electron chi connectivity index (χ4n) is 1.25. The maximum Gasteiger partial charge on any atom is 0.272 e. The van der Waals surface area contributed by atoms with Crippen molar-refractivity contribution in [1.82, 2.24) is 10.2 Å². The van der Waals surface area contributed by atoms with Crippen LogP contribution in [-0.2, 0) is 9.53 Å². The van der Waals surface area contributed by atoms with Crippen molar-refractivity contribution in [3.8, 4) is 0 Å². The van der Waals surface area contributed by atoms with Gasteiger partial charge in [0.1, 0.15) is 0 Å². The molecule has 0 saturated carbocycles. The molecule has 7 heteroatoms. The minimum atomic E-state index is -1.87. The van der Waals surface area contributed by atoms with Crippen LogP contribution in [0.4, 0.5) is 0 Å². The van der Waals surface area contributed by atoms with Gasteiger partial charge >= 0.3 is 0 Å². The molecule has 1 rings (SSSR count). The van der Waals surface area contributed by atoms with Crippen molar-refractivity contribution in [3.63, 3.8) is 0 Å². The summed E-state index contributed by atoms with van der Waals surface area (Å²) in [5, 5.41) is 2.55. The molecule has 1 fully saturated rings. The third kappa shape index (κ3) is 5.22. The topological polar surface area (TPSA) is 41.6 Å². The summed E-state index contributed by atoms with van der Waals surface area (Å²) >= 11 is 16.2. The highest BCUT2D eigenvalue weighted by Gasteiger charge is 2.30. The molecule has 0 aromatic rings. The van der Waals surface area contributed by atoms with Gasteiger partial charge in [0.15, 0.2) is 0 Å². The Labute approximate surface area is 104 Å². The lowest BCUT2D eigenvalue weighted by Crippen LogP contribution is -2.43. The lowest BCUT2D eigenvalue weighted by Gasteiger charge is -2.26. The largest absolute Gasteiger partial charge is 0.379 e. The van der Waals surface area contributed by atoms with E-state index in [1.165, 1.54) is 0 Å². The van der Waals surface area contributed by atoms with Crippen molar-refractivity contribution in [3.05, 3.63) is 0 Å². The normalized spacial score (nSPS) is 18.9. The Morgan fingerprint density at radius 3 is 2.47 bits per heavy atom. The second-order valence-corrected chi connectivity index (χ2v) is 5.49. The zero-order valence-corrected chi connectivity index (χ0v) is 10.4. The van der Waals surface area contributed by atoms with E-state index in [1.807, 2.05) is 0 Å². The van der Waals surface area contributed by atoms with Gasteiger partial charge in [-0.25, -0.2) is 0 Å². The first-order chi connectivity index (χ1) is 7.00. The Balaban J connectivity index is 2.12. The summed E-state index contributed by atoms with van der Waals surface area (Å²) in [5.74, 6) is -0.583. The summed E-state index contributed by atoms with van der Waals surface area (Å²) in [7, 11) is 0. The average Bonchev–Trinajstić information content (AvgIpc) is 2.18. The van der Waals surface area contributed by atoms with E-state index in [0.29, 0.717) is 6.54 Å². The molecular weight excluding hydrogens is 262 g/mol. The molecule has 0 spiro atoms. The highest BCUT2D eigenvalue weighted by atomic mass is 35.6. The van der Waals surface area contributed by atoms with Gasteiger partial charge < -0.3 is 10.1 Å². The zero-order chi connectivity index (χ0) is 11.3. The highest BCUT2D eigenvalue weighted by Crippen LogP contribution is 2.25. The molecule has 0 aliphatic carbocycles. The minimum absolute atomic E-state index is 0.479. The molecule has 1 aliphatic rings. The van der Waals surface area contributed by atoms with Crippen LogP contribution in [0, 0.1) is 0 Å². The van der Waals surface area contributed by atoms with Gasteiger partial charge in [-0.2, -0.15) is 0 Å². The monoisotopic (exact) mass is 274 g/mol. The summed E-state index contributed by atoms with van der Waals surface area (Å²) in [5.41, 5.74) is 0. The number of morpholine rings is 1. The van der Waals surface area contributed by atoms with Crippen molar-refractivity contribution >= 4 is 40.7 Å². The Morgan fingerprint density at radius 1 is 1.33 bits per heavy atom. The molecule has 1 aliphatic heterocycles. The predicted molar refractivity (Wildman–Crippen MR) is 60.6 cm³/mol. The fraction of sp³-hybridized carbons (Fsp3) is 0.875. The highest BCUT2D eigenvalue weighted by molar-refractivity contribution is 6.76. The number of carbonyl (C=O) groups is 1. The average molecular weight is 276 g/mol. The number of ether oxygens (including phenoxy) is 1. The van der Waals surface area contributed by atoms with Crippen LogP contribution in [0.2, 0.25) is 0 Å². The third-order valence-corrected chi connectivity index (χ3v) is 2.59. The van der Waals surface area contributed by atoms with Crippen LogP contribution in [0.5, 0.6) is 0 Å². The molecule has 0 radical (unpaired) electrons. The van der Waals surface area contributed by atoms with Gasteiger partial charge in [0, 0.05) is 26.2 Å². The van der Waals surface area contributed by atoms with E-state index >= 15 is 0 Å². The third-order valence-electron chi connectivity index (χ3n) is 2.07. The Kier molecular flexibility index (Phi) is 5.43. The van der Waals surface area contributed by atoms with Gasteiger partial charge in [-0.1, -0.05) is 34.8 Å². The van der Waals surface area contributed by atoms with E-state index in [-0.39, 0.29) is 0 Å². The van der Waals surface area contributed by atoms with Gasteiger partial charge in [0.2, 0.25) is 0 Å². The predicted octanol–water partition coefficient (Wildman–Crippen LogP) is 0.805. The Hall–Kier alpha value is 0.260. The van der Waals surface area contributed by atoms with Gasteiger partial charge in [-0.15, -0.1) is 0 Å². The molecule has 1 N–H and O–H groups in total. The number of rotatable bonds is 3. The summed E-state index contributed by atoms with van der Waals surface area (Å²) in [4.78, 5) is 13.3. The molecule has 88 valence electrons. The minimum Gasteiger partial charge on any atom is -0.379 e. The van der Waals surface area contributed by atoms with Gasteiger partial charge in [-0.05, 0) is 0 Å². The van der Waals surface area contributed by atoms with Crippen LogP contribution < -0.4 is 5.32 Å². The summed E-state index contributed by atoms with van der Waals surface area (Å²) in [6.45, 7) is 4.45. The first-order valence-corrected chi connectivity index (χ1v) is 5.78. The molecule has 0 atom stereocenters. The smallest absolute Gasteiger partial charge is 0.272 e. The van der Waals surface area contributed by atoms with Gasteiger partial charge in [-0.3, -0.25) is 9.69 Å². The molecule has 1 heterocycles. The van der Waals surface area contributed by atoms with Crippen molar-refractivity contribution in [1.29, 1.82) is 0 Å². The molecule has 0 bridgehead atoms. The molecule has 0 unspecified atom stereocenters. The maximum absolute atomic E-state index is 11.2. The molecule has 1 amide bonds. The first-order valence-electron chi connectivity index (χ1n) is 4.65. The van der Waals surface area contributed by atoms with Crippen molar-refractivity contribution in [2.75, 3.05) is 39.4 Å². The summed E-state index contributed by atoms with van der Waals surface area (Å²) in [6, 6.07) is 0. The summed E-state index contributed by atoms with van der Waals surface area (Å²) in [6.07, 6.45) is 0. The molecule has 4 nitrogen and oxygen atoms in total. The van der Waals surface area contributed by atoms with Gasteiger partial charge in [0.25, 0.3) is 9.70 Å². The number of alkyl halides is 3. The second-order valence-electron chi connectivity index (χ2n) is 3.21. The van der Waals surface area contributed by atoms with Crippen LogP contribution in [-0.4, -0.2) is 54.0 Å². The zero-order valence-electron chi connectivity index (χ0n) is 8.14. The van der Waals surface area contributed by atoms with Crippen LogP contribution in [0.1, 0.15) is 0 Å². The molecule has 0 aromatic heterocycles. The summed E-state index contributed by atoms with van der Waals surface area (Å²) < 4.78 is 3.32. The number of hydrogen-bond donors (Lipinski definition) is 1. The number of halogens is 3. The lowest BCUT2D eigenvalue weighted by molar-refractivity contribution is -0.120. The van der Waals surface area contributed by atoms with Crippen molar-refractivity contribution in [2.45, 2.75) is 3.79 Å². The molecular formula is C8H13Cl3N2O2. The Morgan fingerprint density at radius 2 is 1.93 bits per heavy atom. The lowest BCUT2D eigenvalue weighted by atomic mass is 10.4. The maximum atomic E-state index is 11.2. The van der Waals surface area contributed by atoms with Crippen LogP contribution in [0.15, 0.2) is 0 Å². The molecule has 1 saturated heterocycles. The van der Waals surface area contributed by atoms with Crippen LogP contribution in [0.3, 0.4) is 0 Å². The van der Waals surface area contributed by atoms with Crippen molar-refractivity contribution < 1.29 is 9.53 Å². The number of amides is 1. The Bertz CT molecular complexity index is 214. The second kappa shape index (κ2) is 6.11. The van der Waals surface area contributed by atoms with E-state index in [4.69, 9.17) is 39.5 Å². The van der Waals surface area contributed by atoms with E-state index in [1.54, 1.807) is 0 Å². The number of nitrogens with zero attached hydrogens (tertiary/aromatic N) is 1. The van der Waals surface area contributed by atoms with Crippen molar-refractivity contribution in [2.24, 2.45) is 0 Å². The van der Waals surface area contributed by atoms with Crippen LogP contribution >= 0.6 is 34.8 Å². The number of carbonyl (C=O) groups excluding carboxylic acids is 1. The van der Waals surface area contributed by atoms with Crippen LogP contribution in [0.25, 0.3) is 0 Å². The molecule has 0 aromatic carbocycles. The van der Waals surface area contributed by atoms with Gasteiger partial charge in [0.05, 0.1) is 13.2 Å².